The van der Waals surface area contributed by atoms with Crippen molar-refractivity contribution in [2.75, 3.05) is 4.72 Å². The molecule has 0 atom stereocenters. The van der Waals surface area contributed by atoms with Crippen molar-refractivity contribution in [3.8, 4) is 0 Å². The Morgan fingerprint density at radius 2 is 1.85 bits per heavy atom. The van der Waals surface area contributed by atoms with E-state index in [0.717, 1.165) is 11.3 Å². The van der Waals surface area contributed by atoms with Gasteiger partial charge in [0.1, 0.15) is 4.90 Å². The summed E-state index contributed by atoms with van der Waals surface area (Å²) in [5, 5.41) is 9.21. The van der Waals surface area contributed by atoms with E-state index in [1.54, 1.807) is 22.4 Å². The van der Waals surface area contributed by atoms with Crippen LogP contribution in [0.1, 0.15) is 23.9 Å². The van der Waals surface area contributed by atoms with Crippen molar-refractivity contribution < 1.29 is 8.42 Å². The third kappa shape index (κ3) is 3.91. The van der Waals surface area contributed by atoms with E-state index in [4.69, 9.17) is 11.6 Å². The SMILES string of the molecule is CCn1cc(S(=O)(=O)Nc2cc(C)n(Cc3ccc(Cl)cc3)n2)c(C)n1. The van der Waals surface area contributed by atoms with Gasteiger partial charge in [-0.05, 0) is 38.5 Å². The number of benzene rings is 1. The van der Waals surface area contributed by atoms with Crippen LogP contribution in [0.15, 0.2) is 41.4 Å². The number of rotatable bonds is 6. The van der Waals surface area contributed by atoms with Crippen molar-refractivity contribution in [3.63, 3.8) is 0 Å². The number of sulfonamides is 1. The maximum atomic E-state index is 12.6. The molecule has 26 heavy (non-hydrogen) atoms. The van der Waals surface area contributed by atoms with Crippen LogP contribution in [0, 0.1) is 13.8 Å². The number of aromatic nitrogens is 4. The number of aryl methyl sites for hydroxylation is 3. The largest absolute Gasteiger partial charge is 0.271 e. The average Bonchev–Trinajstić information content (AvgIpc) is 3.12. The monoisotopic (exact) mass is 393 g/mol. The molecule has 0 unspecified atom stereocenters. The highest BCUT2D eigenvalue weighted by Gasteiger charge is 2.21. The van der Waals surface area contributed by atoms with Crippen LogP contribution in [0.3, 0.4) is 0 Å². The third-order valence-electron chi connectivity index (χ3n) is 3.98. The van der Waals surface area contributed by atoms with Gasteiger partial charge >= 0.3 is 0 Å². The predicted octanol–water partition coefficient (Wildman–Crippen LogP) is 3.22. The molecule has 9 heteroatoms. The molecule has 2 heterocycles. The first-order valence-electron chi connectivity index (χ1n) is 8.14. The molecule has 0 radical (unpaired) electrons. The summed E-state index contributed by atoms with van der Waals surface area (Å²) in [6.07, 6.45) is 1.52. The first-order valence-corrected chi connectivity index (χ1v) is 10.0. The van der Waals surface area contributed by atoms with E-state index in [2.05, 4.69) is 14.9 Å². The van der Waals surface area contributed by atoms with Crippen LogP contribution in [0.25, 0.3) is 0 Å². The van der Waals surface area contributed by atoms with Crippen LogP contribution in [0.5, 0.6) is 0 Å². The molecule has 1 N–H and O–H groups in total. The van der Waals surface area contributed by atoms with Crippen molar-refractivity contribution in [2.24, 2.45) is 0 Å². The maximum Gasteiger partial charge on any atom is 0.266 e. The Hall–Kier alpha value is -2.32. The van der Waals surface area contributed by atoms with E-state index < -0.39 is 10.0 Å². The zero-order valence-corrected chi connectivity index (χ0v) is 16.3. The second-order valence-electron chi connectivity index (χ2n) is 6.00. The molecule has 2 aromatic heterocycles. The lowest BCUT2D eigenvalue weighted by atomic mass is 10.2. The van der Waals surface area contributed by atoms with Crippen molar-refractivity contribution in [1.29, 1.82) is 0 Å². The second-order valence-corrected chi connectivity index (χ2v) is 8.08. The molecule has 3 rings (SSSR count). The lowest BCUT2D eigenvalue weighted by Gasteiger charge is -2.05. The first-order chi connectivity index (χ1) is 12.3. The van der Waals surface area contributed by atoms with Crippen LogP contribution >= 0.6 is 11.6 Å². The van der Waals surface area contributed by atoms with Crippen molar-refractivity contribution in [3.05, 3.63) is 58.5 Å². The van der Waals surface area contributed by atoms with Gasteiger partial charge in [0.25, 0.3) is 10.0 Å². The first kappa shape index (κ1) is 18.5. The van der Waals surface area contributed by atoms with E-state index in [1.807, 2.05) is 38.1 Å². The Labute approximate surface area is 157 Å². The fourth-order valence-electron chi connectivity index (χ4n) is 2.60. The smallest absolute Gasteiger partial charge is 0.266 e. The Kier molecular flexibility index (Phi) is 5.06. The van der Waals surface area contributed by atoms with Crippen molar-refractivity contribution in [2.45, 2.75) is 38.8 Å². The van der Waals surface area contributed by atoms with Gasteiger partial charge in [-0.15, -0.1) is 0 Å². The molecule has 1 aromatic carbocycles. The zero-order valence-electron chi connectivity index (χ0n) is 14.8. The number of nitrogens with one attached hydrogen (secondary N) is 1. The fraction of sp³-hybridized carbons (Fsp3) is 0.294. The summed E-state index contributed by atoms with van der Waals surface area (Å²) in [5.74, 6) is 0.278. The molecule has 0 aliphatic rings. The molecule has 7 nitrogen and oxygen atoms in total. The number of halogens is 1. The minimum absolute atomic E-state index is 0.157. The quantitative estimate of drug-likeness (QED) is 0.697. The Balaban J connectivity index is 1.82. The molecule has 3 aromatic rings. The van der Waals surface area contributed by atoms with Gasteiger partial charge in [-0.2, -0.15) is 10.2 Å². The van der Waals surface area contributed by atoms with Gasteiger partial charge in [-0.25, -0.2) is 8.42 Å². The van der Waals surface area contributed by atoms with Crippen LogP contribution in [-0.4, -0.2) is 28.0 Å². The second kappa shape index (κ2) is 7.13. The van der Waals surface area contributed by atoms with E-state index in [0.29, 0.717) is 23.8 Å². The van der Waals surface area contributed by atoms with Crippen LogP contribution in [0.2, 0.25) is 5.02 Å². The Morgan fingerprint density at radius 1 is 1.15 bits per heavy atom. The summed E-state index contributed by atoms with van der Waals surface area (Å²) in [6, 6.07) is 9.15. The van der Waals surface area contributed by atoms with Gasteiger partial charge in [0.2, 0.25) is 0 Å². The minimum Gasteiger partial charge on any atom is -0.271 e. The normalized spacial score (nSPS) is 11.7. The summed E-state index contributed by atoms with van der Waals surface area (Å²) < 4.78 is 31.1. The predicted molar refractivity (Wildman–Crippen MR) is 101 cm³/mol. The lowest BCUT2D eigenvalue weighted by Crippen LogP contribution is -2.14. The molecule has 0 aliphatic carbocycles. The number of anilines is 1. The summed E-state index contributed by atoms with van der Waals surface area (Å²) >= 11 is 5.90. The number of hydrogen-bond donors (Lipinski definition) is 1. The minimum atomic E-state index is -3.74. The molecular weight excluding hydrogens is 374 g/mol. The van der Waals surface area contributed by atoms with Crippen LogP contribution in [0.4, 0.5) is 5.82 Å². The van der Waals surface area contributed by atoms with Gasteiger partial charge in [-0.3, -0.25) is 14.1 Å². The molecule has 0 saturated heterocycles. The van der Waals surface area contributed by atoms with E-state index in [-0.39, 0.29) is 10.7 Å². The summed E-state index contributed by atoms with van der Waals surface area (Å²) in [4.78, 5) is 0.157. The summed E-state index contributed by atoms with van der Waals surface area (Å²) in [5.41, 5.74) is 2.32. The van der Waals surface area contributed by atoms with E-state index in [9.17, 15) is 8.42 Å². The lowest BCUT2D eigenvalue weighted by molar-refractivity contribution is 0.599. The summed E-state index contributed by atoms with van der Waals surface area (Å²) in [6.45, 7) is 6.58. The summed E-state index contributed by atoms with van der Waals surface area (Å²) in [7, 11) is -3.74. The molecule has 0 aliphatic heterocycles. The van der Waals surface area contributed by atoms with Gasteiger partial charge in [-0.1, -0.05) is 23.7 Å². The molecule has 138 valence electrons. The molecule has 0 fully saturated rings. The highest BCUT2D eigenvalue weighted by atomic mass is 35.5. The highest BCUT2D eigenvalue weighted by Crippen LogP contribution is 2.19. The molecule has 0 spiro atoms. The van der Waals surface area contributed by atoms with E-state index >= 15 is 0 Å². The maximum absolute atomic E-state index is 12.6. The van der Waals surface area contributed by atoms with E-state index in [1.165, 1.54) is 6.20 Å². The molecule has 0 amide bonds. The Bertz CT molecular complexity index is 1020. The van der Waals surface area contributed by atoms with Crippen molar-refractivity contribution >= 4 is 27.4 Å². The van der Waals surface area contributed by atoms with Gasteiger partial charge in [0, 0.05) is 29.5 Å². The number of hydrogen-bond acceptors (Lipinski definition) is 4. The van der Waals surface area contributed by atoms with Crippen molar-refractivity contribution in [1.82, 2.24) is 19.6 Å². The molecule has 0 bridgehead atoms. The van der Waals surface area contributed by atoms with Gasteiger partial charge in [0.05, 0.1) is 12.2 Å². The third-order valence-corrected chi connectivity index (χ3v) is 5.69. The molecular formula is C17H20ClN5O2S. The topological polar surface area (TPSA) is 81.8 Å². The standard InChI is InChI=1S/C17H20ClN5O2S/c1-4-22-11-16(13(3)19-22)26(24,25)21-17-9-12(2)23(20-17)10-14-5-7-15(18)8-6-14/h5-9,11H,4,10H2,1-3H3,(H,20,21). The van der Waals surface area contributed by atoms with Gasteiger partial charge < -0.3 is 0 Å². The highest BCUT2D eigenvalue weighted by molar-refractivity contribution is 7.92. The van der Waals surface area contributed by atoms with Crippen LogP contribution in [-0.2, 0) is 23.1 Å². The van der Waals surface area contributed by atoms with Crippen LogP contribution < -0.4 is 4.72 Å². The zero-order chi connectivity index (χ0) is 18.9. The van der Waals surface area contributed by atoms with Gasteiger partial charge in [0.15, 0.2) is 5.82 Å². The number of nitrogens with zero attached hydrogens (tertiary/aromatic N) is 4. The molecule has 0 saturated carbocycles. The average molecular weight is 394 g/mol. The Morgan fingerprint density at radius 3 is 2.46 bits per heavy atom. The fourth-order valence-corrected chi connectivity index (χ4v) is 3.90.